The fourth-order valence-electron chi connectivity index (χ4n) is 4.66. The van der Waals surface area contributed by atoms with Gasteiger partial charge in [-0.2, -0.15) is 0 Å². The number of halogens is 2. The van der Waals surface area contributed by atoms with Crippen LogP contribution in [0.25, 0.3) is 5.57 Å². The van der Waals surface area contributed by atoms with E-state index in [4.69, 9.17) is 33.7 Å². The molecule has 3 aromatic carbocycles. The van der Waals surface area contributed by atoms with Crippen molar-refractivity contribution in [3.63, 3.8) is 0 Å². The number of anilines is 1. The smallest absolute Gasteiger partial charge is 0.135 e. The number of carbonyl (C=O) groups excluding carboxylic acids is 1. The lowest BCUT2D eigenvalue weighted by Gasteiger charge is -2.40. The molecule has 0 amide bonds. The molecule has 0 radical (unpaired) electrons. The van der Waals surface area contributed by atoms with E-state index in [1.54, 1.807) is 19.2 Å². The molecule has 0 aromatic heterocycles. The molecule has 0 aliphatic heterocycles. The molecule has 0 bridgehead atoms. The summed E-state index contributed by atoms with van der Waals surface area (Å²) in [5.41, 5.74) is 9.70. The summed E-state index contributed by atoms with van der Waals surface area (Å²) in [7, 11) is 1.65. The maximum Gasteiger partial charge on any atom is 0.135 e. The van der Waals surface area contributed by atoms with Crippen molar-refractivity contribution in [2.45, 2.75) is 24.2 Å². The third-order valence-electron chi connectivity index (χ3n) is 6.07. The Hall–Kier alpha value is -2.75. The van der Waals surface area contributed by atoms with Crippen LogP contribution in [-0.2, 0) is 10.2 Å². The van der Waals surface area contributed by atoms with Crippen LogP contribution < -0.4 is 10.5 Å². The zero-order valence-electron chi connectivity index (χ0n) is 17.1. The summed E-state index contributed by atoms with van der Waals surface area (Å²) in [4.78, 5) is 12.9. The van der Waals surface area contributed by atoms with Gasteiger partial charge in [0.15, 0.2) is 0 Å². The fourth-order valence-corrected chi connectivity index (χ4v) is 5.04. The molecule has 5 heteroatoms. The van der Waals surface area contributed by atoms with E-state index in [2.05, 4.69) is 0 Å². The van der Waals surface area contributed by atoms with Crippen LogP contribution in [0.5, 0.6) is 5.75 Å². The molecule has 1 aliphatic carbocycles. The van der Waals surface area contributed by atoms with Gasteiger partial charge in [0.25, 0.3) is 0 Å². The van der Waals surface area contributed by atoms with E-state index in [9.17, 15) is 4.79 Å². The Kier molecular flexibility index (Phi) is 6.08. The van der Waals surface area contributed by atoms with Gasteiger partial charge < -0.3 is 15.3 Å². The molecule has 4 rings (SSSR count). The summed E-state index contributed by atoms with van der Waals surface area (Å²) in [6.07, 6.45) is 4.60. The second-order valence-electron chi connectivity index (χ2n) is 7.80. The number of aldehydes is 1. The average Bonchev–Trinajstić information content (AvgIpc) is 2.78. The topological polar surface area (TPSA) is 52.3 Å². The summed E-state index contributed by atoms with van der Waals surface area (Å²) >= 11 is 12.5. The predicted molar refractivity (Wildman–Crippen MR) is 128 cm³/mol. The van der Waals surface area contributed by atoms with E-state index in [0.29, 0.717) is 15.7 Å². The normalized spacial score (nSPS) is 20.7. The molecule has 0 heterocycles. The van der Waals surface area contributed by atoms with E-state index in [-0.39, 0.29) is 5.92 Å². The van der Waals surface area contributed by atoms with Crippen molar-refractivity contribution in [2.24, 2.45) is 0 Å². The molecular formula is C26H23Cl2NO2. The third kappa shape index (κ3) is 3.96. The number of carbonyl (C=O) groups is 1. The maximum atomic E-state index is 12.9. The highest BCUT2D eigenvalue weighted by Gasteiger charge is 2.44. The molecule has 3 aromatic rings. The van der Waals surface area contributed by atoms with Crippen LogP contribution in [-0.4, -0.2) is 13.4 Å². The molecule has 0 unspecified atom stereocenters. The first-order chi connectivity index (χ1) is 15.0. The second kappa shape index (κ2) is 8.78. The maximum absolute atomic E-state index is 12.9. The van der Waals surface area contributed by atoms with Gasteiger partial charge in [-0.05, 0) is 59.9 Å². The van der Waals surface area contributed by atoms with Crippen molar-refractivity contribution in [3.05, 3.63) is 99.5 Å². The minimum absolute atomic E-state index is 0.120. The number of nitrogens with two attached hydrogens (primary N) is 1. The van der Waals surface area contributed by atoms with E-state index < -0.39 is 5.41 Å². The van der Waals surface area contributed by atoms with Gasteiger partial charge in [-0.1, -0.05) is 65.7 Å². The molecular weight excluding hydrogens is 429 g/mol. The van der Waals surface area contributed by atoms with E-state index in [1.165, 1.54) is 0 Å². The van der Waals surface area contributed by atoms with Gasteiger partial charge in [0.1, 0.15) is 12.0 Å². The van der Waals surface area contributed by atoms with Crippen LogP contribution in [0.2, 0.25) is 10.0 Å². The number of nitrogen functional groups attached to an aromatic ring is 1. The lowest BCUT2D eigenvalue weighted by molar-refractivity contribution is -0.112. The number of rotatable bonds is 5. The summed E-state index contributed by atoms with van der Waals surface area (Å²) in [6, 6.07) is 20.9. The van der Waals surface area contributed by atoms with Gasteiger partial charge >= 0.3 is 0 Å². The highest BCUT2D eigenvalue weighted by Crippen LogP contribution is 2.51. The molecule has 1 aliphatic rings. The van der Waals surface area contributed by atoms with Crippen molar-refractivity contribution in [1.82, 2.24) is 0 Å². The fraction of sp³-hybridized carbons (Fsp3) is 0.192. The van der Waals surface area contributed by atoms with Gasteiger partial charge in [-0.3, -0.25) is 0 Å². The Balaban J connectivity index is 1.97. The third-order valence-corrected chi connectivity index (χ3v) is 6.54. The molecule has 2 N–H and O–H groups in total. The van der Waals surface area contributed by atoms with Crippen LogP contribution in [0.3, 0.4) is 0 Å². The summed E-state index contributed by atoms with van der Waals surface area (Å²) < 4.78 is 5.58. The molecule has 0 fully saturated rings. The molecule has 0 spiro atoms. The largest absolute Gasteiger partial charge is 0.496 e. The van der Waals surface area contributed by atoms with Gasteiger partial charge in [-0.15, -0.1) is 0 Å². The molecule has 0 saturated heterocycles. The van der Waals surface area contributed by atoms with Crippen molar-refractivity contribution < 1.29 is 9.53 Å². The van der Waals surface area contributed by atoms with Crippen LogP contribution in [0.4, 0.5) is 5.69 Å². The first-order valence-corrected chi connectivity index (χ1v) is 10.9. The number of hydrogen-bond donors (Lipinski definition) is 1. The summed E-state index contributed by atoms with van der Waals surface area (Å²) in [5, 5.41) is 1.17. The highest BCUT2D eigenvalue weighted by molar-refractivity contribution is 6.31. The highest BCUT2D eigenvalue weighted by atomic mass is 35.5. The number of hydrogen-bond acceptors (Lipinski definition) is 3. The molecule has 31 heavy (non-hydrogen) atoms. The molecule has 158 valence electrons. The number of para-hydroxylation sites is 1. The van der Waals surface area contributed by atoms with Crippen molar-refractivity contribution in [2.75, 3.05) is 12.8 Å². The van der Waals surface area contributed by atoms with Gasteiger partial charge in [-0.25, -0.2) is 0 Å². The van der Waals surface area contributed by atoms with Crippen LogP contribution >= 0.6 is 23.2 Å². The number of ether oxygens (including phenoxy) is 1. The Bertz CT molecular complexity index is 1160. The van der Waals surface area contributed by atoms with Crippen molar-refractivity contribution >= 4 is 40.7 Å². The van der Waals surface area contributed by atoms with Gasteiger partial charge in [0.2, 0.25) is 0 Å². The molecule has 2 atom stereocenters. The van der Waals surface area contributed by atoms with E-state index in [1.807, 2.05) is 60.7 Å². The molecule has 0 saturated carbocycles. The average molecular weight is 452 g/mol. The zero-order valence-corrected chi connectivity index (χ0v) is 18.7. The van der Waals surface area contributed by atoms with Gasteiger partial charge in [0, 0.05) is 27.2 Å². The summed E-state index contributed by atoms with van der Waals surface area (Å²) in [5.74, 6) is 0.657. The standard InChI is InChI=1S/C26H23Cl2NO2/c1-31-25-8-3-2-7-21(25)18-9-11-22(17-5-4-6-19(27)13-17)26(15-18,16-30)23-12-10-20(28)14-24(23)29/h2-8,10,12-16,22H,9,11,29H2,1H3/t22-,26+/m0/s1. The quantitative estimate of drug-likeness (QED) is 0.347. The van der Waals surface area contributed by atoms with Crippen LogP contribution in [0.1, 0.15) is 35.4 Å². The van der Waals surface area contributed by atoms with E-state index in [0.717, 1.165) is 47.1 Å². The van der Waals surface area contributed by atoms with Crippen molar-refractivity contribution in [1.29, 1.82) is 0 Å². The minimum Gasteiger partial charge on any atom is -0.496 e. The van der Waals surface area contributed by atoms with Crippen molar-refractivity contribution in [3.8, 4) is 5.75 Å². The first kappa shape index (κ1) is 21.5. The SMILES string of the molecule is COc1ccccc1C1=C[C@](C=O)(c2ccc(Cl)cc2N)[C@H](c2cccc(Cl)c2)CC1. The van der Waals surface area contributed by atoms with E-state index >= 15 is 0 Å². The van der Waals surface area contributed by atoms with Crippen LogP contribution in [0, 0.1) is 0 Å². The van der Waals surface area contributed by atoms with Gasteiger partial charge in [0.05, 0.1) is 12.5 Å². The number of methoxy groups -OCH3 is 1. The zero-order chi connectivity index (χ0) is 22.0. The number of benzene rings is 3. The lowest BCUT2D eigenvalue weighted by Crippen LogP contribution is -2.37. The summed E-state index contributed by atoms with van der Waals surface area (Å²) in [6.45, 7) is 0. The van der Waals surface area contributed by atoms with Crippen LogP contribution in [0.15, 0.2) is 72.8 Å². The molecule has 3 nitrogen and oxygen atoms in total. The number of allylic oxidation sites excluding steroid dienone is 2. The Morgan fingerprint density at radius 1 is 1.03 bits per heavy atom. The predicted octanol–water partition coefficient (Wildman–Crippen LogP) is 6.68. The lowest BCUT2D eigenvalue weighted by atomic mass is 9.62. The Labute approximate surface area is 192 Å². The minimum atomic E-state index is -0.964. The Morgan fingerprint density at radius 3 is 2.52 bits per heavy atom. The second-order valence-corrected chi connectivity index (χ2v) is 8.67. The first-order valence-electron chi connectivity index (χ1n) is 10.1. The monoisotopic (exact) mass is 451 g/mol. The Morgan fingerprint density at radius 2 is 1.81 bits per heavy atom.